The fourth-order valence-electron chi connectivity index (χ4n) is 4.23. The number of nitrogens with one attached hydrogen (secondary N) is 1. The molecule has 1 N–H and O–H groups in total. The Labute approximate surface area is 187 Å². The summed E-state index contributed by atoms with van der Waals surface area (Å²) >= 11 is 1.46. The predicted molar refractivity (Wildman–Crippen MR) is 123 cm³/mol. The molecule has 5 rings (SSSR count). The zero-order valence-corrected chi connectivity index (χ0v) is 18.6. The van der Waals surface area contributed by atoms with E-state index in [0.717, 1.165) is 69.0 Å². The number of carbonyl (C=O) groups is 1. The number of aromatic nitrogens is 3. The van der Waals surface area contributed by atoms with E-state index < -0.39 is 0 Å². The van der Waals surface area contributed by atoms with E-state index in [4.69, 9.17) is 4.74 Å². The van der Waals surface area contributed by atoms with Gasteiger partial charge in [0.15, 0.2) is 5.16 Å². The van der Waals surface area contributed by atoms with Crippen molar-refractivity contribution in [1.82, 2.24) is 14.8 Å². The van der Waals surface area contributed by atoms with Crippen LogP contribution in [0.1, 0.15) is 38.1 Å². The van der Waals surface area contributed by atoms with Crippen LogP contribution in [0.15, 0.2) is 29.4 Å². The Morgan fingerprint density at radius 2 is 1.74 bits per heavy atom. The number of benzene rings is 1. The highest BCUT2D eigenvalue weighted by molar-refractivity contribution is 7.99. The molecule has 3 aliphatic rings. The van der Waals surface area contributed by atoms with Crippen LogP contribution in [-0.4, -0.2) is 65.8 Å². The number of amides is 1. The number of nitrogens with zero attached hydrogens (tertiary/aromatic N) is 5. The molecular formula is C22H30N6O2S. The van der Waals surface area contributed by atoms with Crippen molar-refractivity contribution in [3.63, 3.8) is 0 Å². The summed E-state index contributed by atoms with van der Waals surface area (Å²) in [7, 11) is 0. The summed E-state index contributed by atoms with van der Waals surface area (Å²) < 4.78 is 7.68. The topological polar surface area (TPSA) is 75.5 Å². The van der Waals surface area contributed by atoms with Crippen LogP contribution in [0.5, 0.6) is 0 Å². The molecule has 2 aliphatic heterocycles. The summed E-state index contributed by atoms with van der Waals surface area (Å²) in [4.78, 5) is 17.2. The van der Waals surface area contributed by atoms with Crippen LogP contribution in [0.2, 0.25) is 0 Å². The Balaban J connectivity index is 1.17. The van der Waals surface area contributed by atoms with Crippen LogP contribution in [-0.2, 0) is 9.53 Å². The Morgan fingerprint density at radius 3 is 2.45 bits per heavy atom. The molecule has 9 heteroatoms. The van der Waals surface area contributed by atoms with E-state index in [1.165, 1.54) is 36.7 Å². The van der Waals surface area contributed by atoms with Gasteiger partial charge in [0.2, 0.25) is 11.9 Å². The van der Waals surface area contributed by atoms with Gasteiger partial charge in [-0.25, -0.2) is 0 Å². The molecule has 2 aromatic rings. The molecule has 2 saturated heterocycles. The van der Waals surface area contributed by atoms with Gasteiger partial charge in [-0.05, 0) is 56.4 Å². The highest BCUT2D eigenvalue weighted by atomic mass is 32.2. The van der Waals surface area contributed by atoms with E-state index in [9.17, 15) is 4.79 Å². The normalized spacial score (nSPS) is 19.5. The maximum Gasteiger partial charge on any atom is 0.234 e. The fourth-order valence-corrected chi connectivity index (χ4v) is 5.03. The van der Waals surface area contributed by atoms with Gasteiger partial charge in [-0.2, -0.15) is 0 Å². The molecule has 0 atom stereocenters. The van der Waals surface area contributed by atoms with Gasteiger partial charge in [0.25, 0.3) is 0 Å². The maximum atomic E-state index is 12.6. The van der Waals surface area contributed by atoms with E-state index in [1.54, 1.807) is 0 Å². The molecule has 0 bridgehead atoms. The minimum Gasteiger partial charge on any atom is -0.378 e. The molecule has 1 amide bonds. The first-order valence-corrected chi connectivity index (χ1v) is 12.3. The Kier molecular flexibility index (Phi) is 6.31. The first kappa shape index (κ1) is 20.6. The third kappa shape index (κ3) is 4.98. The SMILES string of the molecule is O=C(CSc1nnc(N2CCOCC2)n1C1CC1)Nc1ccc(N2CCCCC2)cc1. The van der Waals surface area contributed by atoms with Crippen LogP contribution in [0.4, 0.5) is 17.3 Å². The number of carbonyl (C=O) groups excluding carboxylic acids is 1. The average Bonchev–Trinajstić information content (AvgIpc) is 3.58. The summed E-state index contributed by atoms with van der Waals surface area (Å²) in [5.41, 5.74) is 2.07. The number of hydrogen-bond donors (Lipinski definition) is 1. The number of anilines is 3. The van der Waals surface area contributed by atoms with Gasteiger partial charge in [-0.1, -0.05) is 11.8 Å². The van der Waals surface area contributed by atoms with Crippen molar-refractivity contribution in [2.24, 2.45) is 0 Å². The lowest BCUT2D eigenvalue weighted by molar-refractivity contribution is -0.113. The molecule has 31 heavy (non-hydrogen) atoms. The second-order valence-electron chi connectivity index (χ2n) is 8.41. The van der Waals surface area contributed by atoms with E-state index in [1.807, 2.05) is 12.1 Å². The van der Waals surface area contributed by atoms with E-state index >= 15 is 0 Å². The minimum atomic E-state index is -0.0195. The first-order chi connectivity index (χ1) is 15.3. The lowest BCUT2D eigenvalue weighted by Crippen LogP contribution is -2.38. The van der Waals surface area contributed by atoms with Crippen molar-refractivity contribution >= 4 is 35.0 Å². The summed E-state index contributed by atoms with van der Waals surface area (Å²) in [6.07, 6.45) is 6.14. The summed E-state index contributed by atoms with van der Waals surface area (Å²) in [6, 6.07) is 8.66. The van der Waals surface area contributed by atoms with E-state index in [2.05, 4.69) is 42.0 Å². The van der Waals surface area contributed by atoms with Gasteiger partial charge in [0, 0.05) is 43.6 Å². The van der Waals surface area contributed by atoms with Gasteiger partial charge < -0.3 is 19.9 Å². The number of rotatable bonds is 7. The minimum absolute atomic E-state index is 0.0195. The molecular weight excluding hydrogens is 412 g/mol. The van der Waals surface area contributed by atoms with Crippen LogP contribution in [0, 0.1) is 0 Å². The quantitative estimate of drug-likeness (QED) is 0.660. The molecule has 3 heterocycles. The monoisotopic (exact) mass is 442 g/mol. The van der Waals surface area contributed by atoms with Crippen molar-refractivity contribution in [2.75, 3.05) is 60.3 Å². The second kappa shape index (κ2) is 9.48. The molecule has 1 aromatic carbocycles. The van der Waals surface area contributed by atoms with Gasteiger partial charge in [0.05, 0.1) is 19.0 Å². The molecule has 0 unspecified atom stereocenters. The molecule has 1 aliphatic carbocycles. The summed E-state index contributed by atoms with van der Waals surface area (Å²) in [6.45, 7) is 5.36. The number of thioether (sulfide) groups is 1. The number of hydrogen-bond acceptors (Lipinski definition) is 7. The van der Waals surface area contributed by atoms with Crippen molar-refractivity contribution in [3.8, 4) is 0 Å². The van der Waals surface area contributed by atoms with Crippen LogP contribution >= 0.6 is 11.8 Å². The largest absolute Gasteiger partial charge is 0.378 e. The smallest absolute Gasteiger partial charge is 0.234 e. The maximum absolute atomic E-state index is 12.6. The van der Waals surface area contributed by atoms with Crippen LogP contribution < -0.4 is 15.1 Å². The Hall–Kier alpha value is -2.26. The lowest BCUT2D eigenvalue weighted by Gasteiger charge is -2.28. The van der Waals surface area contributed by atoms with Crippen molar-refractivity contribution < 1.29 is 9.53 Å². The van der Waals surface area contributed by atoms with Gasteiger partial charge in [-0.3, -0.25) is 9.36 Å². The third-order valence-electron chi connectivity index (χ3n) is 6.06. The Morgan fingerprint density at radius 1 is 1.00 bits per heavy atom. The highest BCUT2D eigenvalue weighted by Crippen LogP contribution is 2.41. The first-order valence-electron chi connectivity index (χ1n) is 11.3. The molecule has 8 nitrogen and oxygen atoms in total. The molecule has 1 saturated carbocycles. The average molecular weight is 443 g/mol. The Bertz CT molecular complexity index is 886. The molecule has 0 spiro atoms. The van der Waals surface area contributed by atoms with Gasteiger partial charge in [0.1, 0.15) is 0 Å². The van der Waals surface area contributed by atoms with Crippen molar-refractivity contribution in [2.45, 2.75) is 43.3 Å². The zero-order chi connectivity index (χ0) is 21.0. The third-order valence-corrected chi connectivity index (χ3v) is 7.00. The van der Waals surface area contributed by atoms with E-state index in [-0.39, 0.29) is 5.91 Å². The fraction of sp³-hybridized carbons (Fsp3) is 0.591. The van der Waals surface area contributed by atoms with Crippen molar-refractivity contribution in [1.29, 1.82) is 0 Å². The second-order valence-corrected chi connectivity index (χ2v) is 9.36. The predicted octanol–water partition coefficient (Wildman–Crippen LogP) is 3.17. The van der Waals surface area contributed by atoms with Gasteiger partial charge in [-0.15, -0.1) is 10.2 Å². The standard InChI is InChI=1S/C22H30N6O2S/c29-20(23-17-4-6-18(7-5-17)26-10-2-1-3-11-26)16-31-22-25-24-21(28(22)19-8-9-19)27-12-14-30-15-13-27/h4-7,19H,1-3,8-16H2,(H,23,29). The summed E-state index contributed by atoms with van der Waals surface area (Å²) in [5, 5.41) is 12.7. The number of ether oxygens (including phenoxy) is 1. The number of piperidine rings is 1. The lowest BCUT2D eigenvalue weighted by atomic mass is 10.1. The van der Waals surface area contributed by atoms with Gasteiger partial charge >= 0.3 is 0 Å². The van der Waals surface area contributed by atoms with Crippen LogP contribution in [0.3, 0.4) is 0 Å². The number of morpholine rings is 1. The van der Waals surface area contributed by atoms with Crippen LogP contribution in [0.25, 0.3) is 0 Å². The molecule has 1 aromatic heterocycles. The molecule has 3 fully saturated rings. The molecule has 0 radical (unpaired) electrons. The highest BCUT2D eigenvalue weighted by Gasteiger charge is 2.32. The summed E-state index contributed by atoms with van der Waals surface area (Å²) in [5.74, 6) is 1.22. The molecule has 166 valence electrons. The van der Waals surface area contributed by atoms with E-state index in [0.29, 0.717) is 11.8 Å². The van der Waals surface area contributed by atoms with Crippen molar-refractivity contribution in [3.05, 3.63) is 24.3 Å². The zero-order valence-electron chi connectivity index (χ0n) is 17.8.